The van der Waals surface area contributed by atoms with Gasteiger partial charge >= 0.3 is 6.01 Å². The summed E-state index contributed by atoms with van der Waals surface area (Å²) in [4.78, 5) is 13.2. The normalized spacial score (nSPS) is 19.0. The molecule has 0 saturated heterocycles. The largest absolute Gasteiger partial charge is 0.489 e. The fraction of sp³-hybridized carbons (Fsp3) is 0.355. The minimum absolute atomic E-state index is 0.0102. The monoisotopic (exact) mass is 635 g/mol. The van der Waals surface area contributed by atoms with Gasteiger partial charge in [-0.1, -0.05) is 29.8 Å². The number of halogens is 3. The van der Waals surface area contributed by atoms with Gasteiger partial charge in [-0.3, -0.25) is 4.90 Å². The van der Waals surface area contributed by atoms with Gasteiger partial charge in [-0.2, -0.15) is 20.5 Å². The molecule has 0 amide bonds. The Morgan fingerprint density at radius 1 is 1.18 bits per heavy atom. The standard InChI is InChI=1S/C31H28ClF2N7O2S/c1-16-14-42-27-23-26(25(34)22(24(27)32)18-7-8-20(33)28-21(18)19(12-36)29(37)44-28)38-31-39-30(23)41(16)10-5-3-4-6-17(15-43-31)13-40(2)11-9-35/h3-4,7-8,16-17H,5-6,10-11,13-15,37H2,1-2H3/b4-3-/t16-,17+/m1/s1. The molecule has 44 heavy (non-hydrogen) atoms. The lowest BCUT2D eigenvalue weighted by molar-refractivity contribution is 0.194. The zero-order chi connectivity index (χ0) is 31.1. The molecule has 9 nitrogen and oxygen atoms in total. The summed E-state index contributed by atoms with van der Waals surface area (Å²) in [6, 6.07) is 6.61. The van der Waals surface area contributed by atoms with Crippen molar-refractivity contribution in [3.05, 3.63) is 46.5 Å². The Hall–Kier alpha value is -4.23. The number of anilines is 2. The number of thiophene rings is 1. The first kappa shape index (κ1) is 29.8. The highest BCUT2D eigenvalue weighted by molar-refractivity contribution is 7.23. The van der Waals surface area contributed by atoms with Gasteiger partial charge in [0.25, 0.3) is 0 Å². The van der Waals surface area contributed by atoms with Crippen LogP contribution in [0.3, 0.4) is 0 Å². The Morgan fingerprint density at radius 2 is 2.00 bits per heavy atom. The highest BCUT2D eigenvalue weighted by atomic mass is 35.5. The fourth-order valence-corrected chi connectivity index (χ4v) is 7.13. The van der Waals surface area contributed by atoms with Gasteiger partial charge in [0.05, 0.1) is 45.9 Å². The Kier molecular flexibility index (Phi) is 8.16. The van der Waals surface area contributed by atoms with Gasteiger partial charge in [-0.25, -0.2) is 8.78 Å². The lowest BCUT2D eigenvalue weighted by Gasteiger charge is -2.29. The van der Waals surface area contributed by atoms with Crippen molar-refractivity contribution < 1.29 is 18.3 Å². The van der Waals surface area contributed by atoms with Crippen molar-refractivity contribution in [1.29, 1.82) is 10.5 Å². The number of rotatable bonds is 4. The van der Waals surface area contributed by atoms with Crippen LogP contribution in [0.25, 0.3) is 32.1 Å². The van der Waals surface area contributed by atoms with Crippen LogP contribution in [0.2, 0.25) is 5.02 Å². The van der Waals surface area contributed by atoms with Crippen molar-refractivity contribution in [2.45, 2.75) is 25.8 Å². The van der Waals surface area contributed by atoms with Crippen molar-refractivity contribution in [2.24, 2.45) is 5.92 Å². The minimum Gasteiger partial charge on any atom is -0.489 e. The average Bonchev–Trinajstić information content (AvgIpc) is 3.27. The second-order valence-corrected chi connectivity index (χ2v) is 12.4. The van der Waals surface area contributed by atoms with E-state index < -0.39 is 11.6 Å². The number of ether oxygens (including phenoxy) is 2. The number of fused-ring (bicyclic) bond motifs is 2. The van der Waals surface area contributed by atoms with Crippen LogP contribution in [0.4, 0.5) is 19.6 Å². The summed E-state index contributed by atoms with van der Waals surface area (Å²) in [5.74, 6) is -0.691. The summed E-state index contributed by atoms with van der Waals surface area (Å²) < 4.78 is 44.3. The molecule has 2 atom stereocenters. The molecule has 0 radical (unpaired) electrons. The summed E-state index contributed by atoms with van der Waals surface area (Å²) in [6.45, 7) is 3.92. The topological polar surface area (TPSA) is 124 Å². The third-order valence-electron chi connectivity index (χ3n) is 7.95. The molecule has 0 fully saturated rings. The number of hydrogen-bond acceptors (Lipinski definition) is 10. The van der Waals surface area contributed by atoms with Gasteiger partial charge in [-0.15, -0.1) is 11.3 Å². The second-order valence-electron chi connectivity index (χ2n) is 11.0. The summed E-state index contributed by atoms with van der Waals surface area (Å²) in [5, 5.41) is 19.5. The fourth-order valence-electron chi connectivity index (χ4n) is 5.85. The quantitative estimate of drug-likeness (QED) is 0.204. The lowest BCUT2D eigenvalue weighted by atomic mass is 9.96. The molecule has 0 saturated carbocycles. The molecule has 4 heterocycles. The van der Waals surface area contributed by atoms with E-state index in [4.69, 9.17) is 37.1 Å². The van der Waals surface area contributed by atoms with Crippen LogP contribution in [0.5, 0.6) is 11.8 Å². The molecular weight excluding hydrogens is 608 g/mol. The number of aromatic nitrogens is 2. The first-order valence-electron chi connectivity index (χ1n) is 14.1. The maximum absolute atomic E-state index is 16.9. The predicted octanol–water partition coefficient (Wildman–Crippen LogP) is 6.28. The third kappa shape index (κ3) is 5.13. The highest BCUT2D eigenvalue weighted by Gasteiger charge is 2.33. The first-order chi connectivity index (χ1) is 21.2. The van der Waals surface area contributed by atoms with Gasteiger partial charge < -0.3 is 20.1 Å². The smallest absolute Gasteiger partial charge is 0.319 e. The van der Waals surface area contributed by atoms with E-state index in [0.717, 1.165) is 17.8 Å². The van der Waals surface area contributed by atoms with E-state index in [1.54, 1.807) is 0 Å². The van der Waals surface area contributed by atoms with E-state index in [2.05, 4.69) is 23.2 Å². The predicted molar refractivity (Wildman–Crippen MR) is 167 cm³/mol. The molecule has 6 rings (SSSR count). The van der Waals surface area contributed by atoms with Crippen LogP contribution in [-0.4, -0.2) is 60.8 Å². The molecule has 226 valence electrons. The van der Waals surface area contributed by atoms with Gasteiger partial charge in [-0.05, 0) is 38.4 Å². The Bertz CT molecular complexity index is 1900. The average molecular weight is 636 g/mol. The van der Waals surface area contributed by atoms with Crippen LogP contribution < -0.4 is 20.1 Å². The van der Waals surface area contributed by atoms with Gasteiger partial charge in [0.15, 0.2) is 11.6 Å². The minimum atomic E-state index is -0.779. The van der Waals surface area contributed by atoms with Gasteiger partial charge in [0.1, 0.15) is 34.8 Å². The number of benzene rings is 2. The molecule has 4 aromatic rings. The molecule has 2 aliphatic heterocycles. The van der Waals surface area contributed by atoms with E-state index >= 15 is 4.39 Å². The summed E-state index contributed by atoms with van der Waals surface area (Å²) in [5.41, 5.74) is 6.16. The van der Waals surface area contributed by atoms with Crippen molar-refractivity contribution in [3.8, 4) is 35.0 Å². The zero-order valence-corrected chi connectivity index (χ0v) is 25.6. The number of nitriles is 2. The molecular formula is C31H28ClF2N7O2S. The molecule has 2 aromatic heterocycles. The Balaban J connectivity index is 1.58. The number of nitrogen functional groups attached to an aromatic ring is 1. The molecule has 2 aromatic carbocycles. The van der Waals surface area contributed by atoms with E-state index in [1.165, 1.54) is 12.1 Å². The number of nitrogens with zero attached hydrogens (tertiary/aromatic N) is 6. The zero-order valence-electron chi connectivity index (χ0n) is 24.0. The van der Waals surface area contributed by atoms with Crippen LogP contribution in [0, 0.1) is 40.2 Å². The van der Waals surface area contributed by atoms with Crippen LogP contribution in [0.15, 0.2) is 24.3 Å². The van der Waals surface area contributed by atoms with Gasteiger partial charge in [0.2, 0.25) is 0 Å². The second kappa shape index (κ2) is 12.0. The SMILES string of the molecule is C[C@@H]1COc2c(Cl)c(-c3ccc(F)c4sc(N)c(C#N)c34)c(F)c3nc4nc(c23)N1CC/C=C\C[C@@H](CN(C)CC#N)CO4. The maximum atomic E-state index is 16.9. The van der Waals surface area contributed by atoms with Crippen molar-refractivity contribution in [2.75, 3.05) is 50.5 Å². The molecule has 2 bridgehead atoms. The molecule has 13 heteroatoms. The van der Waals surface area contributed by atoms with E-state index in [1.807, 2.05) is 29.8 Å². The van der Waals surface area contributed by atoms with E-state index in [-0.39, 0.29) is 85.8 Å². The summed E-state index contributed by atoms with van der Waals surface area (Å²) in [7, 11) is 1.87. The number of hydrogen-bond donors (Lipinski definition) is 1. The van der Waals surface area contributed by atoms with Crippen molar-refractivity contribution in [3.63, 3.8) is 0 Å². The van der Waals surface area contributed by atoms with Gasteiger partial charge in [0, 0.05) is 30.0 Å². The van der Waals surface area contributed by atoms with Crippen LogP contribution in [0.1, 0.15) is 25.3 Å². The Morgan fingerprint density at radius 3 is 2.77 bits per heavy atom. The van der Waals surface area contributed by atoms with Crippen molar-refractivity contribution in [1.82, 2.24) is 14.9 Å². The number of nitrogens with two attached hydrogens (primary N) is 1. The third-order valence-corrected chi connectivity index (χ3v) is 9.33. The molecule has 0 spiro atoms. The van der Waals surface area contributed by atoms with Crippen LogP contribution in [-0.2, 0) is 0 Å². The van der Waals surface area contributed by atoms with E-state index in [0.29, 0.717) is 30.7 Å². The maximum Gasteiger partial charge on any atom is 0.319 e. The molecule has 0 aliphatic carbocycles. The highest BCUT2D eigenvalue weighted by Crippen LogP contribution is 2.51. The Labute approximate surface area is 261 Å². The molecule has 0 unspecified atom stereocenters. The van der Waals surface area contributed by atoms with E-state index in [9.17, 15) is 9.65 Å². The lowest BCUT2D eigenvalue weighted by Crippen LogP contribution is -2.37. The van der Waals surface area contributed by atoms with Crippen molar-refractivity contribution >= 4 is 54.7 Å². The summed E-state index contributed by atoms with van der Waals surface area (Å²) >= 11 is 7.88. The summed E-state index contributed by atoms with van der Waals surface area (Å²) in [6.07, 6.45) is 5.65. The van der Waals surface area contributed by atoms with Crippen LogP contribution >= 0.6 is 22.9 Å². The number of allylic oxidation sites excluding steroid dienone is 1. The molecule has 2 N–H and O–H groups in total. The first-order valence-corrected chi connectivity index (χ1v) is 15.3. The molecule has 2 aliphatic rings.